The van der Waals surface area contributed by atoms with Crippen molar-refractivity contribution in [2.24, 2.45) is 5.73 Å². The Morgan fingerprint density at radius 3 is 2.35 bits per heavy atom. The van der Waals surface area contributed by atoms with Gasteiger partial charge in [-0.25, -0.2) is 9.78 Å². The second-order valence-electron chi connectivity index (χ2n) is 4.76. The van der Waals surface area contributed by atoms with Crippen LogP contribution in [0, 0.1) is 6.92 Å². The van der Waals surface area contributed by atoms with E-state index in [1.165, 1.54) is 4.57 Å². The molecule has 0 aromatic carbocycles. The summed E-state index contributed by atoms with van der Waals surface area (Å²) >= 11 is 0. The third kappa shape index (κ3) is 2.07. The van der Waals surface area contributed by atoms with Crippen molar-refractivity contribution in [2.75, 3.05) is 6.54 Å². The van der Waals surface area contributed by atoms with Crippen molar-refractivity contribution in [1.82, 2.24) is 18.7 Å². The van der Waals surface area contributed by atoms with Gasteiger partial charge in [0.25, 0.3) is 5.56 Å². The number of nitrogens with zero attached hydrogens (tertiary/aromatic N) is 4. The zero-order chi connectivity index (χ0) is 14.9. The number of nitrogens with two attached hydrogens (primary N) is 1. The molecule has 0 aliphatic heterocycles. The van der Waals surface area contributed by atoms with Gasteiger partial charge in [-0.1, -0.05) is 6.92 Å². The fourth-order valence-electron chi connectivity index (χ4n) is 2.51. The van der Waals surface area contributed by atoms with E-state index in [0.29, 0.717) is 43.2 Å². The maximum atomic E-state index is 12.5. The van der Waals surface area contributed by atoms with Crippen LogP contribution >= 0.6 is 0 Å². The van der Waals surface area contributed by atoms with Crippen molar-refractivity contribution >= 4 is 11.2 Å². The van der Waals surface area contributed by atoms with Gasteiger partial charge < -0.3 is 10.3 Å². The van der Waals surface area contributed by atoms with Crippen molar-refractivity contribution in [1.29, 1.82) is 0 Å². The Labute approximate surface area is 116 Å². The highest BCUT2D eigenvalue weighted by molar-refractivity contribution is 5.71. The molecule has 20 heavy (non-hydrogen) atoms. The molecule has 0 aliphatic carbocycles. The lowest BCUT2D eigenvalue weighted by Gasteiger charge is -2.10. The fraction of sp³-hybridized carbons (Fsp3) is 0.615. The highest BCUT2D eigenvalue weighted by atomic mass is 16.2. The summed E-state index contributed by atoms with van der Waals surface area (Å²) in [7, 11) is 0. The molecular formula is C13H21N5O2. The number of hydrogen-bond acceptors (Lipinski definition) is 4. The number of rotatable bonds is 5. The van der Waals surface area contributed by atoms with Crippen LogP contribution in [-0.4, -0.2) is 25.2 Å². The summed E-state index contributed by atoms with van der Waals surface area (Å²) in [5.74, 6) is 0.709. The van der Waals surface area contributed by atoms with Crippen LogP contribution in [0.1, 0.15) is 26.1 Å². The first-order valence-electron chi connectivity index (χ1n) is 6.97. The lowest BCUT2D eigenvalue weighted by Crippen LogP contribution is -2.40. The highest BCUT2D eigenvalue weighted by Gasteiger charge is 2.18. The molecule has 0 spiro atoms. The second kappa shape index (κ2) is 5.62. The van der Waals surface area contributed by atoms with Gasteiger partial charge in [0.05, 0.1) is 0 Å². The fourth-order valence-corrected chi connectivity index (χ4v) is 2.51. The van der Waals surface area contributed by atoms with Gasteiger partial charge in [-0.3, -0.25) is 13.9 Å². The maximum absolute atomic E-state index is 12.5. The molecule has 0 aliphatic rings. The van der Waals surface area contributed by atoms with E-state index < -0.39 is 0 Å². The van der Waals surface area contributed by atoms with Crippen LogP contribution < -0.4 is 17.0 Å². The summed E-state index contributed by atoms with van der Waals surface area (Å²) in [6, 6.07) is 0. The smallest absolute Gasteiger partial charge is 0.329 e. The minimum absolute atomic E-state index is 0.283. The lowest BCUT2D eigenvalue weighted by atomic mass is 10.4. The Morgan fingerprint density at radius 2 is 1.80 bits per heavy atom. The number of aromatic nitrogens is 4. The van der Waals surface area contributed by atoms with Gasteiger partial charge >= 0.3 is 5.69 Å². The van der Waals surface area contributed by atoms with Crippen LogP contribution in [-0.2, 0) is 19.6 Å². The van der Waals surface area contributed by atoms with E-state index >= 15 is 0 Å². The summed E-state index contributed by atoms with van der Waals surface area (Å²) in [6.45, 7) is 7.45. The van der Waals surface area contributed by atoms with Crippen LogP contribution in [0.4, 0.5) is 0 Å². The SMILES string of the molecule is CCCn1c(=O)n(CC)c(=O)c2c1nc(C)n2CCN. The van der Waals surface area contributed by atoms with Gasteiger partial charge in [-0.2, -0.15) is 0 Å². The predicted octanol–water partition coefficient (Wildman–Crippen LogP) is 0.0567. The maximum Gasteiger partial charge on any atom is 0.332 e. The molecule has 0 amide bonds. The zero-order valence-corrected chi connectivity index (χ0v) is 12.2. The number of imidazole rings is 1. The Balaban J connectivity index is 2.95. The van der Waals surface area contributed by atoms with Crippen molar-refractivity contribution in [3.63, 3.8) is 0 Å². The molecule has 2 aromatic rings. The molecule has 0 saturated carbocycles. The van der Waals surface area contributed by atoms with Crippen LogP contribution in [0.3, 0.4) is 0 Å². The lowest BCUT2D eigenvalue weighted by molar-refractivity contribution is 0.577. The van der Waals surface area contributed by atoms with E-state index in [0.717, 1.165) is 6.42 Å². The number of hydrogen-bond donors (Lipinski definition) is 1. The van der Waals surface area contributed by atoms with Crippen molar-refractivity contribution < 1.29 is 0 Å². The minimum Gasteiger partial charge on any atom is -0.329 e. The van der Waals surface area contributed by atoms with Gasteiger partial charge in [0, 0.05) is 26.2 Å². The molecule has 2 rings (SSSR count). The van der Waals surface area contributed by atoms with Gasteiger partial charge in [0.15, 0.2) is 11.2 Å². The minimum atomic E-state index is -0.288. The molecule has 7 nitrogen and oxygen atoms in total. The Hall–Kier alpha value is -1.89. The largest absolute Gasteiger partial charge is 0.332 e. The van der Waals surface area contributed by atoms with E-state index in [1.54, 1.807) is 16.1 Å². The standard InChI is InChI=1S/C13H21N5O2/c1-4-7-18-11-10(12(19)16(5-2)13(18)20)17(8-6-14)9(3)15-11/h4-8,14H2,1-3H3. The summed E-state index contributed by atoms with van der Waals surface area (Å²) in [5.41, 5.74) is 5.97. The Morgan fingerprint density at radius 1 is 1.10 bits per heavy atom. The molecule has 0 fully saturated rings. The van der Waals surface area contributed by atoms with Crippen LogP contribution in [0.5, 0.6) is 0 Å². The van der Waals surface area contributed by atoms with Crippen LogP contribution in [0.25, 0.3) is 11.2 Å². The average Bonchev–Trinajstić information content (AvgIpc) is 2.73. The Kier molecular flexibility index (Phi) is 4.08. The third-order valence-electron chi connectivity index (χ3n) is 3.42. The average molecular weight is 279 g/mol. The highest BCUT2D eigenvalue weighted by Crippen LogP contribution is 2.11. The molecule has 0 bridgehead atoms. The van der Waals surface area contributed by atoms with Crippen molar-refractivity contribution in [2.45, 2.75) is 46.8 Å². The molecular weight excluding hydrogens is 258 g/mol. The summed E-state index contributed by atoms with van der Waals surface area (Å²) in [5, 5.41) is 0. The van der Waals surface area contributed by atoms with Gasteiger partial charge in [0.1, 0.15) is 5.82 Å². The van der Waals surface area contributed by atoms with Gasteiger partial charge in [-0.05, 0) is 20.3 Å². The first kappa shape index (κ1) is 14.5. The third-order valence-corrected chi connectivity index (χ3v) is 3.42. The van der Waals surface area contributed by atoms with E-state index in [2.05, 4.69) is 4.98 Å². The number of aryl methyl sites for hydroxylation is 2. The van der Waals surface area contributed by atoms with Crippen LogP contribution in [0.2, 0.25) is 0 Å². The molecule has 0 saturated heterocycles. The van der Waals surface area contributed by atoms with Crippen LogP contribution in [0.15, 0.2) is 9.59 Å². The van der Waals surface area contributed by atoms with Crippen molar-refractivity contribution in [3.8, 4) is 0 Å². The zero-order valence-electron chi connectivity index (χ0n) is 12.2. The van der Waals surface area contributed by atoms with Gasteiger partial charge in [0.2, 0.25) is 0 Å². The molecule has 0 radical (unpaired) electrons. The number of fused-ring (bicyclic) bond motifs is 1. The monoisotopic (exact) mass is 279 g/mol. The molecule has 2 heterocycles. The van der Waals surface area contributed by atoms with Crippen molar-refractivity contribution in [3.05, 3.63) is 26.7 Å². The van der Waals surface area contributed by atoms with Gasteiger partial charge in [-0.15, -0.1) is 0 Å². The quantitative estimate of drug-likeness (QED) is 0.838. The normalized spacial score (nSPS) is 11.4. The molecule has 7 heteroatoms. The summed E-state index contributed by atoms with van der Waals surface area (Å²) in [6.07, 6.45) is 0.805. The van der Waals surface area contributed by atoms with E-state index in [4.69, 9.17) is 5.73 Å². The Bertz CT molecular complexity index is 738. The molecule has 0 unspecified atom stereocenters. The summed E-state index contributed by atoms with van der Waals surface area (Å²) < 4.78 is 4.64. The molecule has 2 aromatic heterocycles. The van der Waals surface area contributed by atoms with E-state index in [1.807, 2.05) is 13.8 Å². The van der Waals surface area contributed by atoms with E-state index in [-0.39, 0.29) is 11.2 Å². The second-order valence-corrected chi connectivity index (χ2v) is 4.76. The summed E-state index contributed by atoms with van der Waals surface area (Å²) in [4.78, 5) is 29.3. The topological polar surface area (TPSA) is 87.8 Å². The molecule has 110 valence electrons. The predicted molar refractivity (Wildman–Crippen MR) is 78.0 cm³/mol. The molecule has 2 N–H and O–H groups in total. The van der Waals surface area contributed by atoms with E-state index in [9.17, 15) is 9.59 Å². The first-order chi connectivity index (χ1) is 9.56. The first-order valence-corrected chi connectivity index (χ1v) is 6.97. The molecule has 0 atom stereocenters.